The number of nitrogens with one attached hydrogen (secondary N) is 1. The first kappa shape index (κ1) is 13.1. The average molecular weight is 260 g/mol. The molecule has 1 amide bonds. The van der Waals surface area contributed by atoms with E-state index in [0.717, 1.165) is 16.5 Å². The Morgan fingerprint density at radius 2 is 2.05 bits per heavy atom. The van der Waals surface area contributed by atoms with E-state index in [0.29, 0.717) is 6.54 Å². The number of nitrogens with zero attached hydrogens (tertiary/aromatic N) is 1. The number of rotatable bonds is 5. The molecule has 5 nitrogen and oxygen atoms in total. The molecule has 2 aromatic rings. The molecule has 0 spiro atoms. The zero-order valence-electron chi connectivity index (χ0n) is 10.7. The van der Waals surface area contributed by atoms with Gasteiger partial charge in [-0.25, -0.2) is 0 Å². The molecule has 1 aromatic carbocycles. The molecule has 0 fully saturated rings. The van der Waals surface area contributed by atoms with Crippen LogP contribution >= 0.6 is 0 Å². The number of aliphatic carboxylic acids is 1. The van der Waals surface area contributed by atoms with Gasteiger partial charge < -0.3 is 15.0 Å². The number of carboxylic acid groups (broad SMARTS) is 1. The predicted octanol–water partition coefficient (Wildman–Crippen LogP) is 1.64. The third-order valence-corrected chi connectivity index (χ3v) is 3.08. The summed E-state index contributed by atoms with van der Waals surface area (Å²) in [7, 11) is 0. The molecule has 0 saturated heterocycles. The lowest BCUT2D eigenvalue weighted by molar-refractivity contribution is -0.144. The van der Waals surface area contributed by atoms with E-state index in [9.17, 15) is 9.59 Å². The predicted molar refractivity (Wildman–Crippen MR) is 71.9 cm³/mol. The zero-order chi connectivity index (χ0) is 13.8. The number of carbonyl (C=O) groups excluding carboxylic acids is 1. The number of amides is 1. The number of carboxylic acids is 1. The molecule has 0 atom stereocenters. The summed E-state index contributed by atoms with van der Waals surface area (Å²) in [5, 5.41) is 9.76. The molecule has 0 aliphatic heterocycles. The fraction of sp³-hybridized carbons (Fsp3) is 0.286. The van der Waals surface area contributed by atoms with Crippen LogP contribution in [0.5, 0.6) is 0 Å². The lowest BCUT2D eigenvalue weighted by Gasteiger charge is -2.18. The normalized spacial score (nSPS) is 10.6. The van der Waals surface area contributed by atoms with Crippen LogP contribution in [0.3, 0.4) is 0 Å². The third kappa shape index (κ3) is 2.93. The summed E-state index contributed by atoms with van der Waals surface area (Å²) < 4.78 is 0. The topological polar surface area (TPSA) is 73.4 Å². The van der Waals surface area contributed by atoms with E-state index < -0.39 is 5.97 Å². The van der Waals surface area contributed by atoms with Crippen LogP contribution in [0.15, 0.2) is 30.5 Å². The molecular formula is C14H16N2O3. The summed E-state index contributed by atoms with van der Waals surface area (Å²) in [5.74, 6) is -1.16. The Hall–Kier alpha value is -2.30. The molecule has 0 radical (unpaired) electrons. The summed E-state index contributed by atoms with van der Waals surface area (Å²) >= 11 is 0. The lowest BCUT2D eigenvalue weighted by atomic mass is 10.1. The number of carbonyl (C=O) groups is 2. The molecule has 1 aromatic heterocycles. The van der Waals surface area contributed by atoms with Gasteiger partial charge in [0.1, 0.15) is 6.54 Å². The van der Waals surface area contributed by atoms with Gasteiger partial charge in [0.15, 0.2) is 0 Å². The van der Waals surface area contributed by atoms with Crippen molar-refractivity contribution in [3.63, 3.8) is 0 Å². The SMILES string of the molecule is CCN(CC(=O)O)C(=O)Cc1c[nH]c2ccccc12. The number of para-hydroxylation sites is 1. The van der Waals surface area contributed by atoms with Crippen molar-refractivity contribution >= 4 is 22.8 Å². The van der Waals surface area contributed by atoms with Crippen molar-refractivity contribution in [3.8, 4) is 0 Å². The second-order valence-electron chi connectivity index (χ2n) is 4.34. The maximum atomic E-state index is 12.1. The molecule has 0 unspecified atom stereocenters. The minimum atomic E-state index is -0.992. The molecule has 19 heavy (non-hydrogen) atoms. The first-order valence-corrected chi connectivity index (χ1v) is 6.16. The minimum Gasteiger partial charge on any atom is -0.480 e. The van der Waals surface area contributed by atoms with Crippen LogP contribution in [0.2, 0.25) is 0 Å². The van der Waals surface area contributed by atoms with Crippen LogP contribution in [-0.2, 0) is 16.0 Å². The quantitative estimate of drug-likeness (QED) is 0.858. The Kier molecular flexibility index (Phi) is 3.85. The fourth-order valence-corrected chi connectivity index (χ4v) is 2.09. The van der Waals surface area contributed by atoms with E-state index in [4.69, 9.17) is 5.11 Å². The Bertz CT molecular complexity index is 604. The summed E-state index contributed by atoms with van der Waals surface area (Å²) in [6.07, 6.45) is 2.02. The van der Waals surface area contributed by atoms with Gasteiger partial charge in [-0.05, 0) is 18.6 Å². The first-order valence-electron chi connectivity index (χ1n) is 6.16. The van der Waals surface area contributed by atoms with E-state index in [2.05, 4.69) is 4.98 Å². The molecule has 2 rings (SSSR count). The van der Waals surface area contributed by atoms with Crippen molar-refractivity contribution in [2.24, 2.45) is 0 Å². The van der Waals surface area contributed by atoms with Crippen molar-refractivity contribution in [3.05, 3.63) is 36.0 Å². The highest BCUT2D eigenvalue weighted by molar-refractivity contribution is 5.89. The number of fused-ring (bicyclic) bond motifs is 1. The van der Waals surface area contributed by atoms with Gasteiger partial charge in [-0.2, -0.15) is 0 Å². The smallest absolute Gasteiger partial charge is 0.323 e. The number of H-pyrrole nitrogens is 1. The number of hydrogen-bond acceptors (Lipinski definition) is 2. The van der Waals surface area contributed by atoms with Crippen LogP contribution in [0.1, 0.15) is 12.5 Å². The largest absolute Gasteiger partial charge is 0.480 e. The van der Waals surface area contributed by atoms with E-state index >= 15 is 0 Å². The molecule has 0 aliphatic carbocycles. The summed E-state index contributed by atoms with van der Waals surface area (Å²) in [4.78, 5) is 27.2. The third-order valence-electron chi connectivity index (χ3n) is 3.08. The Labute approximate surface area is 110 Å². The van der Waals surface area contributed by atoms with Crippen LogP contribution in [0.4, 0.5) is 0 Å². The van der Waals surface area contributed by atoms with Gasteiger partial charge in [0.25, 0.3) is 0 Å². The van der Waals surface area contributed by atoms with Gasteiger partial charge in [0, 0.05) is 23.6 Å². The first-order chi connectivity index (χ1) is 9.11. The molecule has 2 N–H and O–H groups in total. The molecule has 1 heterocycles. The van der Waals surface area contributed by atoms with Gasteiger partial charge in [-0.1, -0.05) is 18.2 Å². The maximum absolute atomic E-state index is 12.1. The van der Waals surface area contributed by atoms with E-state index in [-0.39, 0.29) is 18.9 Å². The number of hydrogen-bond donors (Lipinski definition) is 2. The van der Waals surface area contributed by atoms with Gasteiger partial charge in [-0.15, -0.1) is 0 Å². The molecule has 100 valence electrons. The highest BCUT2D eigenvalue weighted by atomic mass is 16.4. The fourth-order valence-electron chi connectivity index (χ4n) is 2.09. The van der Waals surface area contributed by atoms with Gasteiger partial charge in [0.05, 0.1) is 6.42 Å². The number of aromatic nitrogens is 1. The van der Waals surface area contributed by atoms with Gasteiger partial charge in [-0.3, -0.25) is 9.59 Å². The standard InChI is InChI=1S/C14H16N2O3/c1-2-16(9-14(18)19)13(17)7-10-8-15-12-6-4-3-5-11(10)12/h3-6,8,15H,2,7,9H2,1H3,(H,18,19). The van der Waals surface area contributed by atoms with E-state index in [1.807, 2.05) is 24.3 Å². The Morgan fingerprint density at radius 3 is 2.74 bits per heavy atom. The number of likely N-dealkylation sites (N-methyl/N-ethyl adjacent to an activating group) is 1. The molecule has 0 saturated carbocycles. The van der Waals surface area contributed by atoms with Crippen LogP contribution in [-0.4, -0.2) is 40.0 Å². The van der Waals surface area contributed by atoms with Gasteiger partial charge >= 0.3 is 5.97 Å². The van der Waals surface area contributed by atoms with Crippen LogP contribution in [0, 0.1) is 0 Å². The maximum Gasteiger partial charge on any atom is 0.323 e. The highest BCUT2D eigenvalue weighted by Gasteiger charge is 2.16. The minimum absolute atomic E-state index is 0.172. The number of aromatic amines is 1. The number of benzene rings is 1. The molecule has 0 bridgehead atoms. The van der Waals surface area contributed by atoms with Crippen molar-refractivity contribution < 1.29 is 14.7 Å². The average Bonchev–Trinajstić information content (AvgIpc) is 2.79. The zero-order valence-corrected chi connectivity index (χ0v) is 10.7. The van der Waals surface area contributed by atoms with Crippen LogP contribution < -0.4 is 0 Å². The molecule has 0 aliphatic rings. The Balaban J connectivity index is 2.16. The second-order valence-corrected chi connectivity index (χ2v) is 4.34. The van der Waals surface area contributed by atoms with E-state index in [1.165, 1.54) is 4.90 Å². The monoisotopic (exact) mass is 260 g/mol. The summed E-state index contributed by atoms with van der Waals surface area (Å²) in [6.45, 7) is 1.92. The second kappa shape index (κ2) is 5.56. The highest BCUT2D eigenvalue weighted by Crippen LogP contribution is 2.18. The van der Waals surface area contributed by atoms with Gasteiger partial charge in [0.2, 0.25) is 5.91 Å². The summed E-state index contributed by atoms with van der Waals surface area (Å²) in [5.41, 5.74) is 1.87. The van der Waals surface area contributed by atoms with Crippen molar-refractivity contribution in [2.75, 3.05) is 13.1 Å². The lowest BCUT2D eigenvalue weighted by Crippen LogP contribution is -2.36. The molecule has 5 heteroatoms. The summed E-state index contributed by atoms with van der Waals surface area (Å²) in [6, 6.07) is 7.73. The van der Waals surface area contributed by atoms with Crippen molar-refractivity contribution in [1.29, 1.82) is 0 Å². The molecular weight excluding hydrogens is 244 g/mol. The van der Waals surface area contributed by atoms with Crippen molar-refractivity contribution in [2.45, 2.75) is 13.3 Å². The van der Waals surface area contributed by atoms with Crippen LogP contribution in [0.25, 0.3) is 10.9 Å². The van der Waals surface area contributed by atoms with Crippen molar-refractivity contribution in [1.82, 2.24) is 9.88 Å². The van der Waals surface area contributed by atoms with E-state index in [1.54, 1.807) is 13.1 Å². The Morgan fingerprint density at radius 1 is 1.32 bits per heavy atom.